The molecule has 3 rings (SSSR count). The fourth-order valence-electron chi connectivity index (χ4n) is 2.20. The van der Waals surface area contributed by atoms with Crippen LogP contribution in [0.1, 0.15) is 0 Å². The third-order valence-electron chi connectivity index (χ3n) is 3.05. The number of hydrogen-bond acceptors (Lipinski definition) is 1. The number of ether oxygens (including phenoxy) is 1. The predicted octanol–water partition coefficient (Wildman–Crippen LogP) is 4.90. The van der Waals surface area contributed by atoms with Crippen LogP contribution in [0.5, 0.6) is 5.75 Å². The topological polar surface area (TPSA) is 9.23 Å². The molecule has 0 N–H and O–H groups in total. The van der Waals surface area contributed by atoms with Gasteiger partial charge >= 0.3 is 0 Å². The van der Waals surface area contributed by atoms with Crippen molar-refractivity contribution in [3.05, 3.63) is 52.8 Å². The first-order valence-corrected chi connectivity index (χ1v) is 6.34. The molecule has 0 unspecified atom stereocenters. The van der Waals surface area contributed by atoms with Gasteiger partial charge in [0.1, 0.15) is 11.6 Å². The molecule has 0 radical (unpaired) electrons. The van der Waals surface area contributed by atoms with Crippen molar-refractivity contribution in [2.45, 2.75) is 0 Å². The van der Waals surface area contributed by atoms with Gasteiger partial charge in [0.2, 0.25) is 0 Å². The van der Waals surface area contributed by atoms with Crippen molar-refractivity contribution < 1.29 is 9.13 Å². The summed E-state index contributed by atoms with van der Waals surface area (Å²) < 4.78 is 19.6. The number of rotatable bonds is 1. The SMILES string of the molecule is COc1c(Br)ccc2cc3ccc(F)cc3cc12. The minimum atomic E-state index is -0.226. The van der Waals surface area contributed by atoms with E-state index in [-0.39, 0.29) is 5.82 Å². The van der Waals surface area contributed by atoms with Crippen LogP contribution in [0.15, 0.2) is 46.9 Å². The molecule has 0 aliphatic carbocycles. The Kier molecular flexibility index (Phi) is 2.71. The third kappa shape index (κ3) is 1.75. The van der Waals surface area contributed by atoms with Gasteiger partial charge in [-0.3, -0.25) is 0 Å². The molecular formula is C15H10BrFO. The van der Waals surface area contributed by atoms with Gasteiger partial charge in [0.05, 0.1) is 11.6 Å². The Morgan fingerprint density at radius 1 is 0.944 bits per heavy atom. The van der Waals surface area contributed by atoms with E-state index in [1.54, 1.807) is 13.2 Å². The molecule has 0 fully saturated rings. The molecule has 0 atom stereocenters. The van der Waals surface area contributed by atoms with E-state index in [9.17, 15) is 4.39 Å². The van der Waals surface area contributed by atoms with Gasteiger partial charge in [-0.2, -0.15) is 0 Å². The number of benzene rings is 3. The van der Waals surface area contributed by atoms with Gasteiger partial charge in [0.25, 0.3) is 0 Å². The second-order valence-corrected chi connectivity index (χ2v) is 5.00. The average molecular weight is 305 g/mol. The second kappa shape index (κ2) is 4.25. The number of halogens is 2. The molecule has 0 saturated heterocycles. The van der Waals surface area contributed by atoms with Gasteiger partial charge in [-0.1, -0.05) is 12.1 Å². The maximum absolute atomic E-state index is 13.3. The molecule has 1 nitrogen and oxygen atoms in total. The molecule has 0 bridgehead atoms. The summed E-state index contributed by atoms with van der Waals surface area (Å²) in [6.07, 6.45) is 0. The summed E-state index contributed by atoms with van der Waals surface area (Å²) in [5, 5.41) is 3.95. The molecule has 3 heteroatoms. The van der Waals surface area contributed by atoms with Crippen LogP contribution in [-0.4, -0.2) is 7.11 Å². The summed E-state index contributed by atoms with van der Waals surface area (Å²) >= 11 is 3.46. The van der Waals surface area contributed by atoms with Crippen molar-refractivity contribution >= 4 is 37.5 Å². The van der Waals surface area contributed by atoms with Crippen molar-refractivity contribution in [3.63, 3.8) is 0 Å². The van der Waals surface area contributed by atoms with E-state index in [0.717, 1.165) is 31.8 Å². The summed E-state index contributed by atoms with van der Waals surface area (Å²) in [5.74, 6) is 0.550. The molecule has 0 heterocycles. The number of fused-ring (bicyclic) bond motifs is 2. The average Bonchev–Trinajstić information content (AvgIpc) is 2.36. The zero-order valence-corrected chi connectivity index (χ0v) is 11.3. The van der Waals surface area contributed by atoms with Gasteiger partial charge < -0.3 is 4.74 Å². The normalized spacial score (nSPS) is 11.1. The quantitative estimate of drug-likeness (QED) is 0.581. The molecule has 18 heavy (non-hydrogen) atoms. The van der Waals surface area contributed by atoms with E-state index in [1.165, 1.54) is 12.1 Å². The Hall–Kier alpha value is -1.61. The van der Waals surface area contributed by atoms with Crippen LogP contribution in [0, 0.1) is 5.82 Å². The van der Waals surface area contributed by atoms with Gasteiger partial charge in [0.15, 0.2) is 0 Å². The van der Waals surface area contributed by atoms with Crippen molar-refractivity contribution in [1.29, 1.82) is 0 Å². The molecule has 0 spiro atoms. The summed E-state index contributed by atoms with van der Waals surface area (Å²) in [6, 6.07) is 12.8. The summed E-state index contributed by atoms with van der Waals surface area (Å²) in [6.45, 7) is 0. The largest absolute Gasteiger partial charge is 0.495 e. The lowest BCUT2D eigenvalue weighted by Gasteiger charge is -2.09. The smallest absolute Gasteiger partial charge is 0.140 e. The fraction of sp³-hybridized carbons (Fsp3) is 0.0667. The lowest BCUT2D eigenvalue weighted by molar-refractivity contribution is 0.417. The monoisotopic (exact) mass is 304 g/mol. The molecule has 3 aromatic carbocycles. The van der Waals surface area contributed by atoms with Crippen LogP contribution in [0.3, 0.4) is 0 Å². The highest BCUT2D eigenvalue weighted by Gasteiger charge is 2.07. The lowest BCUT2D eigenvalue weighted by Crippen LogP contribution is -1.87. The molecule has 0 amide bonds. The van der Waals surface area contributed by atoms with E-state index >= 15 is 0 Å². The zero-order chi connectivity index (χ0) is 12.7. The van der Waals surface area contributed by atoms with Gasteiger partial charge in [-0.25, -0.2) is 4.39 Å². The molecule has 0 aliphatic rings. The van der Waals surface area contributed by atoms with Crippen molar-refractivity contribution in [2.75, 3.05) is 7.11 Å². The van der Waals surface area contributed by atoms with Gasteiger partial charge in [-0.15, -0.1) is 0 Å². The van der Waals surface area contributed by atoms with E-state index in [4.69, 9.17) is 4.74 Å². The predicted molar refractivity (Wildman–Crippen MR) is 75.7 cm³/mol. The van der Waals surface area contributed by atoms with Crippen LogP contribution in [0.4, 0.5) is 4.39 Å². The minimum absolute atomic E-state index is 0.226. The Bertz CT molecular complexity index is 752. The standard InChI is InChI=1S/C15H10BrFO/c1-18-15-13-8-11-7-12(17)4-2-9(11)6-10(13)3-5-14(15)16/h2-8H,1H3. The second-order valence-electron chi connectivity index (χ2n) is 4.15. The summed E-state index contributed by atoms with van der Waals surface area (Å²) in [7, 11) is 1.63. The van der Waals surface area contributed by atoms with Crippen molar-refractivity contribution in [1.82, 2.24) is 0 Å². The summed E-state index contributed by atoms with van der Waals surface area (Å²) in [5.41, 5.74) is 0. The highest BCUT2D eigenvalue weighted by atomic mass is 79.9. The van der Waals surface area contributed by atoms with Crippen LogP contribution in [-0.2, 0) is 0 Å². The highest BCUT2D eigenvalue weighted by Crippen LogP contribution is 2.35. The highest BCUT2D eigenvalue weighted by molar-refractivity contribution is 9.10. The van der Waals surface area contributed by atoms with E-state index in [1.807, 2.05) is 24.3 Å². The Balaban J connectivity index is 2.45. The van der Waals surface area contributed by atoms with E-state index in [2.05, 4.69) is 15.9 Å². The first-order chi connectivity index (χ1) is 8.69. The molecule has 90 valence electrons. The molecule has 0 saturated carbocycles. The lowest BCUT2D eigenvalue weighted by atomic mass is 10.0. The Morgan fingerprint density at radius 2 is 1.72 bits per heavy atom. The molecule has 0 aliphatic heterocycles. The zero-order valence-electron chi connectivity index (χ0n) is 9.71. The van der Waals surface area contributed by atoms with Crippen LogP contribution in [0.25, 0.3) is 21.5 Å². The number of methoxy groups -OCH3 is 1. The first kappa shape index (κ1) is 11.5. The van der Waals surface area contributed by atoms with Crippen molar-refractivity contribution in [2.24, 2.45) is 0 Å². The van der Waals surface area contributed by atoms with Crippen LogP contribution >= 0.6 is 15.9 Å². The molecule has 0 aromatic heterocycles. The summed E-state index contributed by atoms with van der Waals surface area (Å²) in [4.78, 5) is 0. The van der Waals surface area contributed by atoms with Gasteiger partial charge in [0, 0.05) is 5.39 Å². The minimum Gasteiger partial charge on any atom is -0.495 e. The van der Waals surface area contributed by atoms with E-state index < -0.39 is 0 Å². The van der Waals surface area contributed by atoms with Crippen molar-refractivity contribution in [3.8, 4) is 5.75 Å². The van der Waals surface area contributed by atoms with E-state index in [0.29, 0.717) is 0 Å². The fourth-order valence-corrected chi connectivity index (χ4v) is 2.70. The Labute approximate surface area is 112 Å². The molecular weight excluding hydrogens is 295 g/mol. The Morgan fingerprint density at radius 3 is 2.50 bits per heavy atom. The maximum atomic E-state index is 13.3. The number of hydrogen-bond donors (Lipinski definition) is 0. The van der Waals surface area contributed by atoms with Crippen LogP contribution < -0.4 is 4.74 Å². The van der Waals surface area contributed by atoms with Gasteiger partial charge in [-0.05, 0) is 62.4 Å². The maximum Gasteiger partial charge on any atom is 0.140 e. The first-order valence-electron chi connectivity index (χ1n) is 5.54. The third-order valence-corrected chi connectivity index (χ3v) is 3.67. The van der Waals surface area contributed by atoms with Crippen LogP contribution in [0.2, 0.25) is 0 Å². The molecule has 3 aromatic rings.